The van der Waals surface area contributed by atoms with Gasteiger partial charge in [-0.05, 0) is 54.4 Å². The Morgan fingerprint density at radius 1 is 0.935 bits per heavy atom. The number of hydrogen-bond acceptors (Lipinski definition) is 5. The van der Waals surface area contributed by atoms with E-state index in [0.29, 0.717) is 35.2 Å². The van der Waals surface area contributed by atoms with Crippen molar-refractivity contribution in [3.05, 3.63) is 110 Å². The molecule has 0 spiro atoms. The second-order valence-corrected chi connectivity index (χ2v) is 13.7. The van der Waals surface area contributed by atoms with Gasteiger partial charge in [0.15, 0.2) is 0 Å². The Kier molecular flexibility index (Phi) is 10.9. The molecule has 0 aliphatic carbocycles. The van der Waals surface area contributed by atoms with E-state index in [2.05, 4.69) is 38.9 Å². The van der Waals surface area contributed by atoms with E-state index >= 15 is 0 Å². The number of aryl methyl sites for hydroxylation is 1. The molecular formula is C36H38Cl2N6OS. The maximum atomic E-state index is 12.1. The molecule has 4 aromatic rings. The number of halogens is 2. The number of carbonyl (C=O) groups excluding carboxylic acids is 1. The molecule has 0 saturated carbocycles. The number of thioether (sulfide) groups is 1. The molecule has 3 heterocycles. The summed E-state index contributed by atoms with van der Waals surface area (Å²) in [6.45, 7) is 6.62. The van der Waals surface area contributed by atoms with E-state index in [1.807, 2.05) is 66.4 Å². The summed E-state index contributed by atoms with van der Waals surface area (Å²) in [5, 5.41) is 9.84. The fourth-order valence-corrected chi connectivity index (χ4v) is 7.33. The van der Waals surface area contributed by atoms with Crippen LogP contribution in [0.1, 0.15) is 39.9 Å². The lowest BCUT2D eigenvalue weighted by Crippen LogP contribution is -2.39. The minimum absolute atomic E-state index is 0.410. The van der Waals surface area contributed by atoms with E-state index in [-0.39, 0.29) is 0 Å². The standard InChI is InChI=1S/C36H38Cl2N6OS/c37-32-12-10-29(22-28(32)9-7-26-8-11-33(38)30(21-26)24-40-23-27-5-2-1-3-6-27)35-31-25-43(36(39)45)16-13-34(31)44(41-35)15-4-14-42-17-19-46-20-18-42/h1-3,5-6,8,10-12,21-22,40H,4,13-20,23-25H2,(H2,39,45). The van der Waals surface area contributed by atoms with E-state index in [1.54, 1.807) is 4.90 Å². The van der Waals surface area contributed by atoms with Crippen LogP contribution in [0.25, 0.3) is 11.3 Å². The molecule has 0 atom stereocenters. The smallest absolute Gasteiger partial charge is 0.315 e. The number of urea groups is 1. The third-order valence-electron chi connectivity index (χ3n) is 8.51. The molecule has 10 heteroatoms. The summed E-state index contributed by atoms with van der Waals surface area (Å²) in [7, 11) is 0. The molecule has 0 radical (unpaired) electrons. The molecule has 2 amide bonds. The van der Waals surface area contributed by atoms with Gasteiger partial charge in [-0.15, -0.1) is 0 Å². The van der Waals surface area contributed by atoms with Gasteiger partial charge in [0.1, 0.15) is 0 Å². The largest absolute Gasteiger partial charge is 0.351 e. The summed E-state index contributed by atoms with van der Waals surface area (Å²) >= 11 is 15.2. The summed E-state index contributed by atoms with van der Waals surface area (Å²) in [5.74, 6) is 8.97. The molecular weight excluding hydrogens is 635 g/mol. The number of nitrogens with two attached hydrogens (primary N) is 1. The Balaban J connectivity index is 1.22. The summed E-state index contributed by atoms with van der Waals surface area (Å²) in [6.07, 6.45) is 1.75. The number of carbonyl (C=O) groups is 1. The molecule has 3 N–H and O–H groups in total. The minimum Gasteiger partial charge on any atom is -0.351 e. The average Bonchev–Trinajstić information content (AvgIpc) is 3.44. The van der Waals surface area contributed by atoms with Crippen molar-refractivity contribution in [2.75, 3.05) is 37.7 Å². The van der Waals surface area contributed by atoms with Gasteiger partial charge < -0.3 is 20.9 Å². The van der Waals surface area contributed by atoms with Crippen molar-refractivity contribution in [2.45, 2.75) is 39.0 Å². The third-order valence-corrected chi connectivity index (χ3v) is 10.1. The van der Waals surface area contributed by atoms with Crippen molar-refractivity contribution in [1.82, 2.24) is 24.9 Å². The zero-order valence-corrected chi connectivity index (χ0v) is 28.1. The summed E-state index contributed by atoms with van der Waals surface area (Å²) in [4.78, 5) is 16.3. The molecule has 1 saturated heterocycles. The fraction of sp³-hybridized carbons (Fsp3) is 0.333. The quantitative estimate of drug-likeness (QED) is 0.201. The van der Waals surface area contributed by atoms with Crippen LogP contribution in [-0.4, -0.2) is 63.3 Å². The number of amides is 2. The predicted molar refractivity (Wildman–Crippen MR) is 189 cm³/mol. The van der Waals surface area contributed by atoms with E-state index in [1.165, 1.54) is 22.8 Å². The first kappa shape index (κ1) is 32.5. The van der Waals surface area contributed by atoms with Gasteiger partial charge in [0.2, 0.25) is 0 Å². The number of benzene rings is 3. The Morgan fingerprint density at radius 3 is 2.54 bits per heavy atom. The zero-order valence-electron chi connectivity index (χ0n) is 25.8. The van der Waals surface area contributed by atoms with Crippen molar-refractivity contribution < 1.29 is 4.79 Å². The fourth-order valence-electron chi connectivity index (χ4n) is 6.00. The average molecular weight is 674 g/mol. The van der Waals surface area contributed by atoms with Gasteiger partial charge in [0.05, 0.1) is 17.3 Å². The first-order valence-electron chi connectivity index (χ1n) is 15.7. The lowest BCUT2D eigenvalue weighted by Gasteiger charge is -2.27. The first-order chi connectivity index (χ1) is 22.4. The Morgan fingerprint density at radius 2 is 1.74 bits per heavy atom. The number of nitrogens with one attached hydrogen (secondary N) is 1. The molecule has 2 aliphatic rings. The number of fused-ring (bicyclic) bond motifs is 1. The second-order valence-electron chi connectivity index (χ2n) is 11.7. The van der Waals surface area contributed by atoms with E-state index in [4.69, 9.17) is 34.0 Å². The maximum absolute atomic E-state index is 12.1. The highest BCUT2D eigenvalue weighted by atomic mass is 35.5. The SMILES string of the molecule is NC(=O)N1CCc2c(c(-c3ccc(Cl)c(C#Cc4ccc(Cl)c(CNCc5ccccc5)c4)c3)nn2CCCN2CCSCC2)C1. The zero-order chi connectivity index (χ0) is 31.9. The van der Waals surface area contributed by atoms with Gasteiger partial charge in [0, 0.05) is 90.2 Å². The highest BCUT2D eigenvalue weighted by molar-refractivity contribution is 7.99. The van der Waals surface area contributed by atoms with E-state index in [9.17, 15) is 4.79 Å². The number of rotatable bonds is 9. The molecule has 3 aromatic carbocycles. The number of nitrogens with zero attached hydrogens (tertiary/aromatic N) is 4. The molecule has 1 fully saturated rings. The molecule has 46 heavy (non-hydrogen) atoms. The molecule has 2 aliphatic heterocycles. The van der Waals surface area contributed by atoms with E-state index < -0.39 is 6.03 Å². The van der Waals surface area contributed by atoms with Gasteiger partial charge in [0.25, 0.3) is 0 Å². The third kappa shape index (κ3) is 8.09. The van der Waals surface area contributed by atoms with Crippen molar-refractivity contribution in [2.24, 2.45) is 5.73 Å². The van der Waals surface area contributed by atoms with Crippen LogP contribution in [0, 0.1) is 11.8 Å². The van der Waals surface area contributed by atoms with Crippen LogP contribution in [-0.2, 0) is 32.6 Å². The van der Waals surface area contributed by atoms with Crippen molar-refractivity contribution in [1.29, 1.82) is 0 Å². The molecule has 6 rings (SSSR count). The second kappa shape index (κ2) is 15.4. The number of hydrogen-bond donors (Lipinski definition) is 2. The number of primary amides is 1. The van der Waals surface area contributed by atoms with Crippen LogP contribution < -0.4 is 11.1 Å². The van der Waals surface area contributed by atoms with Gasteiger partial charge in [-0.2, -0.15) is 16.9 Å². The van der Waals surface area contributed by atoms with Crippen LogP contribution in [0.15, 0.2) is 66.7 Å². The highest BCUT2D eigenvalue weighted by Crippen LogP contribution is 2.32. The summed E-state index contributed by atoms with van der Waals surface area (Å²) in [5.41, 5.74) is 13.5. The van der Waals surface area contributed by atoms with Crippen LogP contribution in [0.5, 0.6) is 0 Å². The molecule has 1 aromatic heterocycles. The Bertz CT molecular complexity index is 1740. The van der Waals surface area contributed by atoms with Crippen LogP contribution >= 0.6 is 35.0 Å². The highest BCUT2D eigenvalue weighted by Gasteiger charge is 2.27. The molecule has 7 nitrogen and oxygen atoms in total. The lowest BCUT2D eigenvalue weighted by atomic mass is 9.99. The van der Waals surface area contributed by atoms with Gasteiger partial charge in [-0.25, -0.2) is 4.79 Å². The number of aromatic nitrogens is 2. The Hall–Kier alpha value is -3.45. The monoisotopic (exact) mass is 672 g/mol. The van der Waals surface area contributed by atoms with Crippen molar-refractivity contribution in [3.8, 4) is 23.1 Å². The van der Waals surface area contributed by atoms with Crippen molar-refractivity contribution >= 4 is 41.0 Å². The van der Waals surface area contributed by atoms with Crippen LogP contribution in [0.3, 0.4) is 0 Å². The van der Waals surface area contributed by atoms with Gasteiger partial charge in [-0.1, -0.05) is 71.4 Å². The normalized spacial score (nSPS) is 14.9. The maximum Gasteiger partial charge on any atom is 0.315 e. The molecule has 0 unspecified atom stereocenters. The van der Waals surface area contributed by atoms with Gasteiger partial charge in [-0.3, -0.25) is 4.68 Å². The van der Waals surface area contributed by atoms with Crippen LogP contribution in [0.4, 0.5) is 4.79 Å². The molecule has 0 bridgehead atoms. The summed E-state index contributed by atoms with van der Waals surface area (Å²) in [6, 6.07) is 21.5. The molecule has 238 valence electrons. The predicted octanol–water partition coefficient (Wildman–Crippen LogP) is 6.42. The van der Waals surface area contributed by atoms with E-state index in [0.717, 1.165) is 73.5 Å². The van der Waals surface area contributed by atoms with Gasteiger partial charge >= 0.3 is 6.03 Å². The van der Waals surface area contributed by atoms with Crippen molar-refractivity contribution in [3.63, 3.8) is 0 Å². The lowest BCUT2D eigenvalue weighted by molar-refractivity contribution is 0.201. The first-order valence-corrected chi connectivity index (χ1v) is 17.6. The Labute approximate surface area is 285 Å². The van der Waals surface area contributed by atoms with Crippen LogP contribution in [0.2, 0.25) is 10.0 Å². The summed E-state index contributed by atoms with van der Waals surface area (Å²) < 4.78 is 2.14. The minimum atomic E-state index is -0.410. The topological polar surface area (TPSA) is 79.4 Å².